The summed E-state index contributed by atoms with van der Waals surface area (Å²) in [6, 6.07) is 7.32. The minimum atomic E-state index is -1.78. The van der Waals surface area contributed by atoms with Crippen LogP contribution in [-0.2, 0) is 6.54 Å². The van der Waals surface area contributed by atoms with Crippen LogP contribution in [0.15, 0.2) is 24.3 Å². The van der Waals surface area contributed by atoms with Crippen LogP contribution in [0.2, 0.25) is 0 Å². The molecule has 2 rings (SSSR count). The summed E-state index contributed by atoms with van der Waals surface area (Å²) in [7, 11) is -1.78. The number of hydrogen-bond donors (Lipinski definition) is 3. The van der Waals surface area contributed by atoms with Gasteiger partial charge in [-0.25, -0.2) is 0 Å². The fourth-order valence-corrected chi connectivity index (χ4v) is 2.37. The second kappa shape index (κ2) is 7.61. The van der Waals surface area contributed by atoms with Gasteiger partial charge in [-0.3, -0.25) is 9.80 Å². The zero-order chi connectivity index (χ0) is 14.4. The summed E-state index contributed by atoms with van der Waals surface area (Å²) >= 11 is 0. The average molecular weight is 280 g/mol. The SMILES string of the molecule is OCCN1CCN(Cc2ccc(OB(O)O)cc2)CC1. The molecule has 0 atom stereocenters. The quantitative estimate of drug-likeness (QED) is 0.589. The molecule has 1 aromatic carbocycles. The van der Waals surface area contributed by atoms with Gasteiger partial charge in [0.05, 0.1) is 6.61 Å². The van der Waals surface area contributed by atoms with Crippen LogP contribution in [0, 0.1) is 0 Å². The maximum Gasteiger partial charge on any atom is 0.707 e. The van der Waals surface area contributed by atoms with Crippen LogP contribution in [0.5, 0.6) is 5.75 Å². The molecule has 6 nitrogen and oxygen atoms in total. The molecule has 0 aromatic heterocycles. The molecule has 1 aliphatic heterocycles. The van der Waals surface area contributed by atoms with Gasteiger partial charge >= 0.3 is 7.32 Å². The summed E-state index contributed by atoms with van der Waals surface area (Å²) in [5.74, 6) is 0.441. The van der Waals surface area contributed by atoms with Gasteiger partial charge in [0.15, 0.2) is 0 Å². The highest BCUT2D eigenvalue weighted by Crippen LogP contribution is 2.14. The Bertz CT molecular complexity index is 394. The summed E-state index contributed by atoms with van der Waals surface area (Å²) in [6.07, 6.45) is 0. The first-order valence-electron chi connectivity index (χ1n) is 6.84. The smallest absolute Gasteiger partial charge is 0.512 e. The highest BCUT2D eigenvalue weighted by Gasteiger charge is 2.16. The van der Waals surface area contributed by atoms with Crippen LogP contribution in [0.25, 0.3) is 0 Å². The van der Waals surface area contributed by atoms with E-state index in [0.717, 1.165) is 39.3 Å². The van der Waals surface area contributed by atoms with Crippen molar-refractivity contribution in [3.8, 4) is 5.75 Å². The molecule has 1 aliphatic rings. The van der Waals surface area contributed by atoms with Crippen LogP contribution in [0.3, 0.4) is 0 Å². The average Bonchev–Trinajstić information content (AvgIpc) is 2.43. The molecular formula is C13H21BN2O4. The highest BCUT2D eigenvalue weighted by atomic mass is 16.6. The van der Waals surface area contributed by atoms with Crippen LogP contribution in [0.1, 0.15) is 5.56 Å². The molecule has 1 fully saturated rings. The molecule has 20 heavy (non-hydrogen) atoms. The molecule has 1 heterocycles. The maximum atomic E-state index is 8.91. The van der Waals surface area contributed by atoms with Crippen molar-refractivity contribution in [3.63, 3.8) is 0 Å². The maximum absolute atomic E-state index is 8.91. The molecule has 0 bridgehead atoms. The van der Waals surface area contributed by atoms with Gasteiger partial charge in [0, 0.05) is 39.3 Å². The first-order chi connectivity index (χ1) is 9.67. The third-order valence-corrected chi connectivity index (χ3v) is 3.45. The predicted molar refractivity (Wildman–Crippen MR) is 76.1 cm³/mol. The number of benzene rings is 1. The summed E-state index contributed by atoms with van der Waals surface area (Å²) in [5.41, 5.74) is 1.17. The van der Waals surface area contributed by atoms with Gasteiger partial charge in [0.25, 0.3) is 0 Å². The van der Waals surface area contributed by atoms with E-state index in [4.69, 9.17) is 19.8 Å². The zero-order valence-electron chi connectivity index (χ0n) is 11.5. The predicted octanol–water partition coefficient (Wildman–Crippen LogP) is -0.855. The van der Waals surface area contributed by atoms with Crippen LogP contribution < -0.4 is 4.65 Å². The molecule has 0 unspecified atom stereocenters. The number of rotatable bonds is 6. The van der Waals surface area contributed by atoms with Gasteiger partial charge in [-0.15, -0.1) is 0 Å². The third kappa shape index (κ3) is 4.77. The summed E-state index contributed by atoms with van der Waals surface area (Å²) in [4.78, 5) is 4.63. The van der Waals surface area contributed by atoms with Crippen molar-refractivity contribution < 1.29 is 19.8 Å². The van der Waals surface area contributed by atoms with Crippen molar-refractivity contribution >= 4 is 7.32 Å². The van der Waals surface area contributed by atoms with Crippen LogP contribution in [0.4, 0.5) is 0 Å². The second-order valence-corrected chi connectivity index (χ2v) is 4.93. The van der Waals surface area contributed by atoms with E-state index in [-0.39, 0.29) is 6.61 Å². The third-order valence-electron chi connectivity index (χ3n) is 3.45. The van der Waals surface area contributed by atoms with Gasteiger partial charge in [0.1, 0.15) is 5.75 Å². The normalized spacial score (nSPS) is 17.1. The van der Waals surface area contributed by atoms with Crippen molar-refractivity contribution in [3.05, 3.63) is 29.8 Å². The Morgan fingerprint density at radius 2 is 1.60 bits per heavy atom. The molecule has 3 N–H and O–H groups in total. The number of hydrogen-bond acceptors (Lipinski definition) is 6. The fraction of sp³-hybridized carbons (Fsp3) is 0.538. The minimum Gasteiger partial charge on any atom is -0.512 e. The van der Waals surface area contributed by atoms with Crippen molar-refractivity contribution in [2.24, 2.45) is 0 Å². The van der Waals surface area contributed by atoms with Gasteiger partial charge < -0.3 is 19.8 Å². The lowest BCUT2D eigenvalue weighted by molar-refractivity contribution is 0.108. The van der Waals surface area contributed by atoms with E-state index in [1.165, 1.54) is 5.56 Å². The Kier molecular flexibility index (Phi) is 5.81. The molecule has 1 saturated heterocycles. The molecule has 1 aromatic rings. The topological polar surface area (TPSA) is 76.4 Å². The summed E-state index contributed by atoms with van der Waals surface area (Å²) < 4.78 is 4.77. The van der Waals surface area contributed by atoms with E-state index >= 15 is 0 Å². The molecular weight excluding hydrogens is 259 g/mol. The number of aliphatic hydroxyl groups excluding tert-OH is 1. The lowest BCUT2D eigenvalue weighted by Gasteiger charge is -2.34. The van der Waals surface area contributed by atoms with Gasteiger partial charge in [-0.1, -0.05) is 12.1 Å². The number of aliphatic hydroxyl groups is 1. The molecule has 0 saturated carbocycles. The number of piperazine rings is 1. The monoisotopic (exact) mass is 280 g/mol. The highest BCUT2D eigenvalue weighted by molar-refractivity contribution is 6.33. The standard InChI is InChI=1S/C13H21BN2O4/c17-10-9-15-5-7-16(8-6-15)11-12-1-3-13(4-2-12)20-14(18)19/h1-4,17-19H,5-11H2. The summed E-state index contributed by atoms with van der Waals surface area (Å²) in [6.45, 7) is 5.80. The lowest BCUT2D eigenvalue weighted by Crippen LogP contribution is -2.46. The van der Waals surface area contributed by atoms with E-state index in [9.17, 15) is 0 Å². The van der Waals surface area contributed by atoms with Gasteiger partial charge in [0.2, 0.25) is 0 Å². The van der Waals surface area contributed by atoms with E-state index in [1.54, 1.807) is 12.1 Å². The van der Waals surface area contributed by atoms with E-state index in [1.807, 2.05) is 12.1 Å². The Balaban J connectivity index is 1.79. The van der Waals surface area contributed by atoms with E-state index in [2.05, 4.69) is 9.80 Å². The van der Waals surface area contributed by atoms with Crippen LogP contribution in [-0.4, -0.2) is 71.6 Å². The first-order valence-corrected chi connectivity index (χ1v) is 6.84. The lowest BCUT2D eigenvalue weighted by atomic mass is 10.1. The van der Waals surface area contributed by atoms with Gasteiger partial charge in [-0.2, -0.15) is 0 Å². The number of nitrogens with zero attached hydrogens (tertiary/aromatic N) is 2. The zero-order valence-corrected chi connectivity index (χ0v) is 11.5. The minimum absolute atomic E-state index is 0.220. The van der Waals surface area contributed by atoms with Crippen molar-refractivity contribution in [2.45, 2.75) is 6.54 Å². The largest absolute Gasteiger partial charge is 0.707 e. The Hall–Kier alpha value is -1.12. The molecule has 110 valence electrons. The molecule has 0 amide bonds. The van der Waals surface area contributed by atoms with Gasteiger partial charge in [-0.05, 0) is 17.7 Å². The van der Waals surface area contributed by atoms with E-state index < -0.39 is 7.32 Å². The Labute approximate surface area is 119 Å². The molecule has 7 heteroatoms. The Morgan fingerprint density at radius 1 is 1.00 bits per heavy atom. The fourth-order valence-electron chi connectivity index (χ4n) is 2.37. The van der Waals surface area contributed by atoms with Crippen molar-refractivity contribution in [1.82, 2.24) is 9.80 Å². The van der Waals surface area contributed by atoms with Crippen molar-refractivity contribution in [1.29, 1.82) is 0 Å². The van der Waals surface area contributed by atoms with E-state index in [0.29, 0.717) is 5.75 Å². The molecule has 0 radical (unpaired) electrons. The molecule has 0 spiro atoms. The number of β-amino-alcohol motifs (C(OH)–C–C–N with tert-alkyl or cyclic N) is 1. The second-order valence-electron chi connectivity index (χ2n) is 4.93. The summed E-state index contributed by atoms with van der Waals surface area (Å²) in [5, 5.41) is 26.3. The van der Waals surface area contributed by atoms with Crippen LogP contribution >= 0.6 is 0 Å². The van der Waals surface area contributed by atoms with Crippen molar-refractivity contribution in [2.75, 3.05) is 39.3 Å². The Morgan fingerprint density at radius 3 is 2.15 bits per heavy atom. The molecule has 0 aliphatic carbocycles. The first kappa shape index (κ1) is 15.3.